The number of rotatable bonds is 5. The Morgan fingerprint density at radius 2 is 1.95 bits per heavy atom. The molecular formula is C17H26BrN3. The fraction of sp³-hybridized carbons (Fsp3) is 0.647. The first kappa shape index (κ1) is 15.5. The molecule has 1 aromatic rings. The van der Waals surface area contributed by atoms with E-state index in [9.17, 15) is 0 Å². The molecule has 1 saturated carbocycles. The second-order valence-corrected chi connectivity index (χ2v) is 7.39. The summed E-state index contributed by atoms with van der Waals surface area (Å²) in [6.07, 6.45) is 2.90. The number of nitrogens with zero attached hydrogens (tertiary/aromatic N) is 2. The van der Waals surface area contributed by atoms with Crippen molar-refractivity contribution < 1.29 is 0 Å². The first-order chi connectivity index (χ1) is 10.2. The van der Waals surface area contributed by atoms with Crippen LogP contribution in [0.25, 0.3) is 0 Å². The number of hydrogen-bond donors (Lipinski definition) is 1. The summed E-state index contributed by atoms with van der Waals surface area (Å²) < 4.78 is 1.18. The third-order valence-electron chi connectivity index (χ3n) is 4.85. The maximum atomic E-state index is 6.08. The van der Waals surface area contributed by atoms with Gasteiger partial charge in [-0.25, -0.2) is 0 Å². The van der Waals surface area contributed by atoms with Crippen LogP contribution in [-0.2, 0) is 0 Å². The lowest BCUT2D eigenvalue weighted by Crippen LogP contribution is -2.49. The largest absolute Gasteiger partial charge is 0.329 e. The van der Waals surface area contributed by atoms with Gasteiger partial charge in [0, 0.05) is 49.8 Å². The van der Waals surface area contributed by atoms with E-state index in [4.69, 9.17) is 5.73 Å². The van der Waals surface area contributed by atoms with Crippen molar-refractivity contribution in [2.24, 2.45) is 11.7 Å². The lowest BCUT2D eigenvalue weighted by Gasteiger charge is -2.39. The summed E-state index contributed by atoms with van der Waals surface area (Å²) in [5.74, 6) is 0.996. The Balaban J connectivity index is 1.62. The Labute approximate surface area is 136 Å². The van der Waals surface area contributed by atoms with Crippen LogP contribution < -0.4 is 5.73 Å². The number of hydrogen-bond acceptors (Lipinski definition) is 3. The molecule has 116 valence electrons. The maximum Gasteiger partial charge on any atom is 0.0471 e. The van der Waals surface area contributed by atoms with Crippen LogP contribution in [-0.4, -0.2) is 49.1 Å². The van der Waals surface area contributed by atoms with Crippen LogP contribution in [0.15, 0.2) is 22.7 Å². The molecule has 1 aliphatic carbocycles. The van der Waals surface area contributed by atoms with Gasteiger partial charge in [-0.3, -0.25) is 4.90 Å². The topological polar surface area (TPSA) is 32.5 Å². The summed E-state index contributed by atoms with van der Waals surface area (Å²) in [6, 6.07) is 7.00. The SMILES string of the molecule is Cc1cc(C(CN)N2CCN(CC3CC3)CC2)ccc1Br. The molecule has 1 aromatic carbocycles. The molecule has 0 amide bonds. The van der Waals surface area contributed by atoms with Gasteiger partial charge in [0.25, 0.3) is 0 Å². The minimum atomic E-state index is 0.361. The van der Waals surface area contributed by atoms with Crippen LogP contribution in [0.2, 0.25) is 0 Å². The molecule has 3 rings (SSSR count). The van der Waals surface area contributed by atoms with Gasteiger partial charge >= 0.3 is 0 Å². The highest BCUT2D eigenvalue weighted by Crippen LogP contribution is 2.31. The van der Waals surface area contributed by atoms with Crippen LogP contribution in [0.3, 0.4) is 0 Å². The van der Waals surface area contributed by atoms with Crippen LogP contribution in [0, 0.1) is 12.8 Å². The Hall–Kier alpha value is -0.420. The van der Waals surface area contributed by atoms with Gasteiger partial charge in [0.05, 0.1) is 0 Å². The third-order valence-corrected chi connectivity index (χ3v) is 5.74. The Bertz CT molecular complexity index is 479. The lowest BCUT2D eigenvalue weighted by molar-refractivity contribution is 0.0955. The van der Waals surface area contributed by atoms with E-state index in [0.29, 0.717) is 12.6 Å². The van der Waals surface area contributed by atoms with Crippen molar-refractivity contribution in [3.63, 3.8) is 0 Å². The van der Waals surface area contributed by atoms with Crippen molar-refractivity contribution >= 4 is 15.9 Å². The summed E-state index contributed by atoms with van der Waals surface area (Å²) in [6.45, 7) is 8.84. The van der Waals surface area contributed by atoms with E-state index in [1.165, 1.54) is 48.1 Å². The van der Waals surface area contributed by atoms with Crippen LogP contribution in [0.4, 0.5) is 0 Å². The van der Waals surface area contributed by atoms with Gasteiger partial charge in [-0.15, -0.1) is 0 Å². The van der Waals surface area contributed by atoms with E-state index in [2.05, 4.69) is 50.9 Å². The van der Waals surface area contributed by atoms with Crippen LogP contribution >= 0.6 is 15.9 Å². The molecule has 1 atom stereocenters. The molecule has 1 unspecified atom stereocenters. The molecule has 0 radical (unpaired) electrons. The molecule has 1 heterocycles. The molecule has 0 aromatic heterocycles. The molecule has 1 aliphatic heterocycles. The van der Waals surface area contributed by atoms with Gasteiger partial charge in [-0.1, -0.05) is 28.1 Å². The van der Waals surface area contributed by atoms with Crippen LogP contribution in [0.5, 0.6) is 0 Å². The van der Waals surface area contributed by atoms with Gasteiger partial charge in [0.1, 0.15) is 0 Å². The molecule has 4 heteroatoms. The molecular weight excluding hydrogens is 326 g/mol. The highest BCUT2D eigenvalue weighted by atomic mass is 79.9. The quantitative estimate of drug-likeness (QED) is 0.885. The first-order valence-corrected chi connectivity index (χ1v) is 8.89. The van der Waals surface area contributed by atoms with Crippen molar-refractivity contribution in [3.05, 3.63) is 33.8 Å². The Kier molecular flexibility index (Phi) is 4.99. The van der Waals surface area contributed by atoms with E-state index in [1.807, 2.05) is 0 Å². The molecule has 2 N–H and O–H groups in total. The predicted molar refractivity (Wildman–Crippen MR) is 91.4 cm³/mol. The highest BCUT2D eigenvalue weighted by molar-refractivity contribution is 9.10. The third kappa shape index (κ3) is 3.86. The minimum absolute atomic E-state index is 0.361. The standard InChI is InChI=1S/C17H26BrN3/c1-13-10-15(4-5-16(13)18)17(11-19)21-8-6-20(7-9-21)12-14-2-3-14/h4-5,10,14,17H,2-3,6-9,11-12,19H2,1H3. The van der Waals surface area contributed by atoms with Crippen molar-refractivity contribution in [1.29, 1.82) is 0 Å². The summed E-state index contributed by atoms with van der Waals surface area (Å²) in [4.78, 5) is 5.20. The van der Waals surface area contributed by atoms with E-state index in [1.54, 1.807) is 0 Å². The average molecular weight is 352 g/mol. The molecule has 1 saturated heterocycles. The molecule has 2 aliphatic rings. The van der Waals surface area contributed by atoms with Crippen molar-refractivity contribution in [2.45, 2.75) is 25.8 Å². The zero-order valence-corrected chi connectivity index (χ0v) is 14.5. The lowest BCUT2D eigenvalue weighted by atomic mass is 10.0. The maximum absolute atomic E-state index is 6.08. The second-order valence-electron chi connectivity index (χ2n) is 6.54. The summed E-state index contributed by atoms with van der Waals surface area (Å²) in [5.41, 5.74) is 8.73. The molecule has 0 spiro atoms. The molecule has 0 bridgehead atoms. The van der Waals surface area contributed by atoms with Gasteiger partial charge in [-0.2, -0.15) is 0 Å². The summed E-state index contributed by atoms with van der Waals surface area (Å²) >= 11 is 3.58. The van der Waals surface area contributed by atoms with E-state index in [0.717, 1.165) is 19.0 Å². The molecule has 3 nitrogen and oxygen atoms in total. The van der Waals surface area contributed by atoms with Crippen molar-refractivity contribution in [1.82, 2.24) is 9.80 Å². The number of piperazine rings is 1. The average Bonchev–Trinajstić information content (AvgIpc) is 3.29. The molecule has 21 heavy (non-hydrogen) atoms. The van der Waals surface area contributed by atoms with Crippen molar-refractivity contribution in [2.75, 3.05) is 39.3 Å². The number of aryl methyl sites for hydroxylation is 1. The fourth-order valence-corrected chi connectivity index (χ4v) is 3.54. The first-order valence-electron chi connectivity index (χ1n) is 8.10. The van der Waals surface area contributed by atoms with Gasteiger partial charge in [0.2, 0.25) is 0 Å². The number of benzene rings is 1. The normalized spacial score (nSPS) is 22.4. The van der Waals surface area contributed by atoms with Gasteiger partial charge < -0.3 is 10.6 Å². The minimum Gasteiger partial charge on any atom is -0.329 e. The highest BCUT2D eigenvalue weighted by Gasteiger charge is 2.28. The van der Waals surface area contributed by atoms with Gasteiger partial charge in [-0.05, 0) is 42.9 Å². The van der Waals surface area contributed by atoms with E-state index < -0.39 is 0 Å². The number of nitrogens with two attached hydrogens (primary N) is 1. The molecule has 2 fully saturated rings. The fourth-order valence-electron chi connectivity index (χ4n) is 3.29. The number of halogens is 1. The monoisotopic (exact) mass is 351 g/mol. The predicted octanol–water partition coefficient (Wildman–Crippen LogP) is 2.78. The van der Waals surface area contributed by atoms with Crippen molar-refractivity contribution in [3.8, 4) is 0 Å². The Morgan fingerprint density at radius 3 is 2.52 bits per heavy atom. The summed E-state index contributed by atoms with van der Waals surface area (Å²) in [5, 5.41) is 0. The van der Waals surface area contributed by atoms with Crippen LogP contribution in [0.1, 0.15) is 30.0 Å². The van der Waals surface area contributed by atoms with E-state index in [-0.39, 0.29) is 0 Å². The zero-order chi connectivity index (χ0) is 14.8. The smallest absolute Gasteiger partial charge is 0.0471 e. The zero-order valence-electron chi connectivity index (χ0n) is 12.9. The van der Waals surface area contributed by atoms with Gasteiger partial charge in [0.15, 0.2) is 0 Å². The summed E-state index contributed by atoms with van der Waals surface area (Å²) in [7, 11) is 0. The second kappa shape index (κ2) is 6.78. The Morgan fingerprint density at radius 1 is 1.24 bits per heavy atom. The van der Waals surface area contributed by atoms with E-state index >= 15 is 0 Å².